The van der Waals surface area contributed by atoms with Crippen LogP contribution in [0.4, 0.5) is 0 Å². The molecule has 0 radical (unpaired) electrons. The molecule has 3 aromatic rings. The average molecular weight is 466 g/mol. The number of imidazole rings is 1. The van der Waals surface area contributed by atoms with Crippen LogP contribution in [0.25, 0.3) is 22.5 Å². The standard InChI is InChI=1S/C26H25Cl2N3O/c1-6-16(3)13-18(7-2)25-30-23(26(32)29-5)24(19-9-8-10-20(27)14-19)31(25)22-15-21(28)12-11-17(22)4/h6-15H,2H2,1,3-5H3,(H,29,32)/b16-6-,18-13+. The lowest BCUT2D eigenvalue weighted by atomic mass is 10.1. The highest BCUT2D eigenvalue weighted by Crippen LogP contribution is 2.35. The van der Waals surface area contributed by atoms with E-state index in [0.717, 1.165) is 28.0 Å². The predicted molar refractivity (Wildman–Crippen MR) is 135 cm³/mol. The lowest BCUT2D eigenvalue weighted by molar-refractivity contribution is 0.0959. The lowest BCUT2D eigenvalue weighted by Crippen LogP contribution is -2.19. The van der Waals surface area contributed by atoms with Crippen molar-refractivity contribution in [3.05, 3.63) is 100.0 Å². The Balaban J connectivity index is 2.53. The fourth-order valence-electron chi connectivity index (χ4n) is 3.39. The summed E-state index contributed by atoms with van der Waals surface area (Å²) in [6.45, 7) is 9.95. The first-order valence-corrected chi connectivity index (χ1v) is 10.9. The van der Waals surface area contributed by atoms with Gasteiger partial charge in [0, 0.05) is 28.2 Å². The maximum absolute atomic E-state index is 12.9. The molecule has 1 aromatic heterocycles. The number of halogens is 2. The number of carbonyl (C=O) groups excluding carboxylic acids is 1. The molecule has 1 heterocycles. The molecule has 164 valence electrons. The van der Waals surface area contributed by atoms with Crippen LogP contribution in [0.1, 0.15) is 35.7 Å². The molecule has 6 heteroatoms. The Hall–Kier alpha value is -3.08. The molecule has 3 rings (SSSR count). The maximum Gasteiger partial charge on any atom is 0.271 e. The van der Waals surface area contributed by atoms with E-state index in [-0.39, 0.29) is 11.6 Å². The molecule has 0 saturated heterocycles. The van der Waals surface area contributed by atoms with Gasteiger partial charge < -0.3 is 5.32 Å². The van der Waals surface area contributed by atoms with Crippen molar-refractivity contribution in [1.82, 2.24) is 14.9 Å². The summed E-state index contributed by atoms with van der Waals surface area (Å²) in [5.74, 6) is 0.283. The third-order valence-corrected chi connectivity index (χ3v) is 5.62. The van der Waals surface area contributed by atoms with E-state index < -0.39 is 0 Å². The Bertz CT molecular complexity index is 1250. The van der Waals surface area contributed by atoms with Gasteiger partial charge in [0.1, 0.15) is 5.82 Å². The van der Waals surface area contributed by atoms with Crippen molar-refractivity contribution in [3.63, 3.8) is 0 Å². The Morgan fingerprint density at radius 1 is 1.16 bits per heavy atom. The van der Waals surface area contributed by atoms with Gasteiger partial charge in [-0.2, -0.15) is 0 Å². The minimum atomic E-state index is -0.300. The summed E-state index contributed by atoms with van der Waals surface area (Å²) >= 11 is 12.7. The minimum Gasteiger partial charge on any atom is -0.354 e. The fourth-order valence-corrected chi connectivity index (χ4v) is 3.75. The first-order valence-electron chi connectivity index (χ1n) is 10.1. The number of hydrogen-bond donors (Lipinski definition) is 1. The summed E-state index contributed by atoms with van der Waals surface area (Å²) < 4.78 is 1.95. The van der Waals surface area contributed by atoms with Crippen LogP contribution in [0.15, 0.2) is 72.8 Å². The van der Waals surface area contributed by atoms with E-state index in [0.29, 0.717) is 21.6 Å². The quantitative estimate of drug-likeness (QED) is 0.396. The molecule has 0 saturated carbocycles. The largest absolute Gasteiger partial charge is 0.354 e. The minimum absolute atomic E-state index is 0.287. The van der Waals surface area contributed by atoms with E-state index >= 15 is 0 Å². The van der Waals surface area contributed by atoms with Crippen molar-refractivity contribution in [1.29, 1.82) is 0 Å². The van der Waals surface area contributed by atoms with E-state index in [1.807, 2.05) is 73.9 Å². The fraction of sp³-hybridized carbons (Fsp3) is 0.154. The molecule has 0 fully saturated rings. The molecule has 32 heavy (non-hydrogen) atoms. The van der Waals surface area contributed by atoms with Crippen LogP contribution < -0.4 is 5.32 Å². The number of carbonyl (C=O) groups is 1. The first kappa shape index (κ1) is 23.6. The number of nitrogens with zero attached hydrogens (tertiary/aromatic N) is 2. The molecule has 0 aliphatic heterocycles. The Labute approximate surface area is 198 Å². The van der Waals surface area contributed by atoms with Crippen molar-refractivity contribution >= 4 is 34.7 Å². The highest BCUT2D eigenvalue weighted by atomic mass is 35.5. The summed E-state index contributed by atoms with van der Waals surface area (Å²) in [4.78, 5) is 17.7. The molecule has 0 spiro atoms. The van der Waals surface area contributed by atoms with Crippen LogP contribution >= 0.6 is 23.2 Å². The Kier molecular flexibility index (Phi) is 7.39. The van der Waals surface area contributed by atoms with Gasteiger partial charge in [0.25, 0.3) is 5.91 Å². The normalized spacial score (nSPS) is 12.1. The van der Waals surface area contributed by atoms with Crippen LogP contribution in [0.5, 0.6) is 0 Å². The zero-order valence-electron chi connectivity index (χ0n) is 18.5. The van der Waals surface area contributed by atoms with Crippen molar-refractivity contribution in [2.75, 3.05) is 7.05 Å². The maximum atomic E-state index is 12.9. The molecule has 0 atom stereocenters. The second-order valence-corrected chi connectivity index (χ2v) is 8.20. The Morgan fingerprint density at radius 3 is 2.50 bits per heavy atom. The number of aryl methyl sites for hydroxylation is 1. The predicted octanol–water partition coefficient (Wildman–Crippen LogP) is 7.05. The molecular weight excluding hydrogens is 441 g/mol. The number of rotatable bonds is 6. The van der Waals surface area contributed by atoms with Crippen LogP contribution in [0.3, 0.4) is 0 Å². The van der Waals surface area contributed by atoms with Crippen molar-refractivity contribution in [3.8, 4) is 16.9 Å². The molecule has 2 aromatic carbocycles. The number of amides is 1. The summed E-state index contributed by atoms with van der Waals surface area (Å²) in [6.07, 6.45) is 5.72. The van der Waals surface area contributed by atoms with Crippen LogP contribution in [0.2, 0.25) is 10.0 Å². The van der Waals surface area contributed by atoms with E-state index in [1.54, 1.807) is 19.2 Å². The van der Waals surface area contributed by atoms with Gasteiger partial charge in [0.15, 0.2) is 5.69 Å². The van der Waals surface area contributed by atoms with E-state index in [4.69, 9.17) is 28.2 Å². The van der Waals surface area contributed by atoms with Gasteiger partial charge in [-0.1, -0.05) is 65.7 Å². The second-order valence-electron chi connectivity index (χ2n) is 7.32. The molecule has 0 aliphatic carbocycles. The first-order chi connectivity index (χ1) is 15.3. The number of aromatic nitrogens is 2. The van der Waals surface area contributed by atoms with Crippen LogP contribution in [0, 0.1) is 6.92 Å². The zero-order valence-corrected chi connectivity index (χ0v) is 20.1. The van der Waals surface area contributed by atoms with Gasteiger partial charge in [0.05, 0.1) is 11.4 Å². The SMILES string of the molecule is C=C/C(=C\C(C)=C/C)c1nc(C(=O)NC)c(-c2cccc(Cl)c2)n1-c1cc(Cl)ccc1C. The molecule has 0 unspecified atom stereocenters. The summed E-state index contributed by atoms with van der Waals surface area (Å²) in [7, 11) is 1.58. The number of nitrogens with one attached hydrogen (secondary N) is 1. The van der Waals surface area contributed by atoms with Gasteiger partial charge in [-0.25, -0.2) is 4.98 Å². The zero-order chi connectivity index (χ0) is 23.4. The molecule has 1 N–H and O–H groups in total. The average Bonchev–Trinajstić information content (AvgIpc) is 3.18. The van der Waals surface area contributed by atoms with E-state index in [2.05, 4.69) is 11.9 Å². The van der Waals surface area contributed by atoms with E-state index in [1.165, 1.54) is 0 Å². The Morgan fingerprint density at radius 2 is 1.88 bits per heavy atom. The molecular formula is C26H25Cl2N3O. The van der Waals surface area contributed by atoms with Gasteiger partial charge in [-0.05, 0) is 56.7 Å². The van der Waals surface area contributed by atoms with E-state index in [9.17, 15) is 4.79 Å². The summed E-state index contributed by atoms with van der Waals surface area (Å²) in [5.41, 5.74) is 5.29. The third-order valence-electron chi connectivity index (χ3n) is 5.15. The topological polar surface area (TPSA) is 46.9 Å². The van der Waals surface area contributed by atoms with Gasteiger partial charge in [-0.3, -0.25) is 9.36 Å². The smallest absolute Gasteiger partial charge is 0.271 e. The monoisotopic (exact) mass is 465 g/mol. The van der Waals surface area contributed by atoms with Crippen molar-refractivity contribution < 1.29 is 4.79 Å². The van der Waals surface area contributed by atoms with Crippen LogP contribution in [-0.4, -0.2) is 22.5 Å². The van der Waals surface area contributed by atoms with Crippen molar-refractivity contribution in [2.45, 2.75) is 20.8 Å². The van der Waals surface area contributed by atoms with Gasteiger partial charge in [-0.15, -0.1) is 0 Å². The summed E-state index contributed by atoms with van der Waals surface area (Å²) in [5, 5.41) is 3.85. The highest BCUT2D eigenvalue weighted by Gasteiger charge is 2.26. The van der Waals surface area contributed by atoms with Crippen molar-refractivity contribution in [2.24, 2.45) is 0 Å². The summed E-state index contributed by atoms with van der Waals surface area (Å²) in [6, 6.07) is 13.0. The molecule has 0 aliphatic rings. The number of benzene rings is 2. The van der Waals surface area contributed by atoms with Gasteiger partial charge >= 0.3 is 0 Å². The van der Waals surface area contributed by atoms with Crippen LogP contribution in [-0.2, 0) is 0 Å². The third kappa shape index (κ3) is 4.72. The lowest BCUT2D eigenvalue weighted by Gasteiger charge is -2.16. The molecule has 4 nitrogen and oxygen atoms in total. The molecule has 1 amide bonds. The number of allylic oxidation sites excluding steroid dienone is 5. The highest BCUT2D eigenvalue weighted by molar-refractivity contribution is 6.31. The van der Waals surface area contributed by atoms with Gasteiger partial charge in [0.2, 0.25) is 0 Å². The molecule has 0 bridgehead atoms. The number of hydrogen-bond acceptors (Lipinski definition) is 2. The second kappa shape index (κ2) is 10.0.